The Morgan fingerprint density at radius 3 is 2.26 bits per heavy atom. The molecule has 2 fully saturated rings. The standard InChI is InChI=1S/C25H32ClN3O2/c26-23-8-6-22(7-9-23)25(21-4-2-1-3-5-21)27-24(30)19-28-12-10-20(11-13-28)18-29-14-16-31-17-15-29/h1-9,20,25H,10-19H2,(H,27,30). The van der Waals surface area contributed by atoms with Crippen molar-refractivity contribution >= 4 is 17.5 Å². The van der Waals surface area contributed by atoms with Gasteiger partial charge in [0.05, 0.1) is 25.8 Å². The number of piperidine rings is 1. The molecule has 6 heteroatoms. The van der Waals surface area contributed by atoms with Gasteiger partial charge in [-0.1, -0.05) is 54.1 Å². The normalized spacial score (nSPS) is 19.8. The molecule has 1 amide bonds. The molecule has 0 radical (unpaired) electrons. The third kappa shape index (κ3) is 6.53. The van der Waals surface area contributed by atoms with Crippen LogP contribution in [-0.2, 0) is 9.53 Å². The molecule has 166 valence electrons. The molecule has 0 aliphatic carbocycles. The van der Waals surface area contributed by atoms with Crippen LogP contribution in [0.4, 0.5) is 0 Å². The van der Waals surface area contributed by atoms with E-state index in [2.05, 4.69) is 27.2 Å². The Bertz CT molecular complexity index is 816. The number of hydrogen-bond donors (Lipinski definition) is 1. The lowest BCUT2D eigenvalue weighted by Crippen LogP contribution is -2.45. The van der Waals surface area contributed by atoms with Crippen molar-refractivity contribution in [3.05, 3.63) is 70.7 Å². The van der Waals surface area contributed by atoms with Crippen LogP contribution in [0, 0.1) is 5.92 Å². The third-order valence-electron chi connectivity index (χ3n) is 6.34. The summed E-state index contributed by atoms with van der Waals surface area (Å²) in [5.41, 5.74) is 2.11. The molecule has 0 spiro atoms. The largest absolute Gasteiger partial charge is 0.379 e. The number of morpholine rings is 1. The number of carbonyl (C=O) groups is 1. The van der Waals surface area contributed by atoms with E-state index in [4.69, 9.17) is 16.3 Å². The van der Waals surface area contributed by atoms with Crippen LogP contribution in [-0.4, -0.2) is 68.2 Å². The van der Waals surface area contributed by atoms with Crippen molar-refractivity contribution in [2.24, 2.45) is 5.92 Å². The highest BCUT2D eigenvalue weighted by Gasteiger charge is 2.24. The van der Waals surface area contributed by atoms with Gasteiger partial charge in [0.1, 0.15) is 0 Å². The molecule has 2 aromatic rings. The zero-order valence-corrected chi connectivity index (χ0v) is 18.8. The second kappa shape index (κ2) is 11.1. The van der Waals surface area contributed by atoms with Gasteiger partial charge in [-0.05, 0) is 55.1 Å². The minimum atomic E-state index is -0.176. The van der Waals surface area contributed by atoms with Crippen LogP contribution < -0.4 is 5.32 Å². The third-order valence-corrected chi connectivity index (χ3v) is 6.59. The number of likely N-dealkylation sites (tertiary alicyclic amines) is 1. The van der Waals surface area contributed by atoms with Crippen molar-refractivity contribution in [1.29, 1.82) is 0 Å². The van der Waals surface area contributed by atoms with Crippen molar-refractivity contribution in [3.63, 3.8) is 0 Å². The highest BCUT2D eigenvalue weighted by molar-refractivity contribution is 6.30. The second-order valence-electron chi connectivity index (χ2n) is 8.60. The second-order valence-corrected chi connectivity index (χ2v) is 9.03. The fourth-order valence-electron chi connectivity index (χ4n) is 4.55. The van der Waals surface area contributed by atoms with Gasteiger partial charge in [-0.3, -0.25) is 14.6 Å². The van der Waals surface area contributed by atoms with Gasteiger partial charge in [0.25, 0.3) is 0 Å². The van der Waals surface area contributed by atoms with Gasteiger partial charge < -0.3 is 10.1 Å². The van der Waals surface area contributed by atoms with Crippen molar-refractivity contribution < 1.29 is 9.53 Å². The molecular formula is C25H32ClN3O2. The zero-order chi connectivity index (χ0) is 21.5. The molecule has 31 heavy (non-hydrogen) atoms. The summed E-state index contributed by atoms with van der Waals surface area (Å²) < 4.78 is 5.45. The number of halogens is 1. The molecule has 2 aliphatic heterocycles. The molecule has 2 aliphatic rings. The van der Waals surface area contributed by atoms with Crippen LogP contribution in [0.2, 0.25) is 5.02 Å². The fourth-order valence-corrected chi connectivity index (χ4v) is 4.67. The van der Waals surface area contributed by atoms with Crippen LogP contribution >= 0.6 is 11.6 Å². The van der Waals surface area contributed by atoms with Crippen molar-refractivity contribution in [1.82, 2.24) is 15.1 Å². The van der Waals surface area contributed by atoms with Gasteiger partial charge in [-0.15, -0.1) is 0 Å². The average Bonchev–Trinajstić information content (AvgIpc) is 2.81. The fraction of sp³-hybridized carbons (Fsp3) is 0.480. The number of carbonyl (C=O) groups excluding carboxylic acids is 1. The van der Waals surface area contributed by atoms with E-state index in [9.17, 15) is 4.79 Å². The van der Waals surface area contributed by atoms with E-state index in [0.717, 1.165) is 75.8 Å². The number of rotatable bonds is 7. The molecule has 2 aromatic carbocycles. The quantitative estimate of drug-likeness (QED) is 0.713. The highest BCUT2D eigenvalue weighted by atomic mass is 35.5. The number of nitrogens with zero attached hydrogens (tertiary/aromatic N) is 2. The van der Waals surface area contributed by atoms with Gasteiger partial charge in [-0.2, -0.15) is 0 Å². The maximum Gasteiger partial charge on any atom is 0.234 e. The molecule has 1 unspecified atom stereocenters. The average molecular weight is 442 g/mol. The first-order chi connectivity index (χ1) is 15.2. The Morgan fingerprint density at radius 1 is 0.935 bits per heavy atom. The van der Waals surface area contributed by atoms with Crippen LogP contribution in [0.25, 0.3) is 0 Å². The molecule has 5 nitrogen and oxygen atoms in total. The van der Waals surface area contributed by atoms with Gasteiger partial charge in [0, 0.05) is 24.7 Å². The molecule has 4 rings (SSSR count). The lowest BCUT2D eigenvalue weighted by Gasteiger charge is -2.36. The molecule has 0 aromatic heterocycles. The van der Waals surface area contributed by atoms with E-state index < -0.39 is 0 Å². The minimum absolute atomic E-state index is 0.0652. The van der Waals surface area contributed by atoms with E-state index in [1.807, 2.05) is 42.5 Å². The summed E-state index contributed by atoms with van der Waals surface area (Å²) >= 11 is 6.07. The Morgan fingerprint density at radius 2 is 1.58 bits per heavy atom. The predicted octanol–water partition coefficient (Wildman–Crippen LogP) is 3.59. The molecule has 1 N–H and O–H groups in total. The number of ether oxygens (including phenoxy) is 1. The van der Waals surface area contributed by atoms with E-state index in [0.29, 0.717) is 11.6 Å². The Balaban J connectivity index is 1.30. The first kappa shape index (κ1) is 22.3. The molecule has 0 saturated carbocycles. The summed E-state index contributed by atoms with van der Waals surface area (Å²) in [6.45, 7) is 7.39. The maximum atomic E-state index is 12.9. The van der Waals surface area contributed by atoms with Gasteiger partial charge in [0.15, 0.2) is 0 Å². The van der Waals surface area contributed by atoms with Crippen LogP contribution in [0.5, 0.6) is 0 Å². The Kier molecular flexibility index (Phi) is 7.97. The number of nitrogens with one attached hydrogen (secondary N) is 1. The predicted molar refractivity (Wildman–Crippen MR) is 124 cm³/mol. The minimum Gasteiger partial charge on any atom is -0.379 e. The molecule has 2 heterocycles. The summed E-state index contributed by atoms with van der Waals surface area (Å²) in [5, 5.41) is 3.94. The van der Waals surface area contributed by atoms with E-state index >= 15 is 0 Å². The summed E-state index contributed by atoms with van der Waals surface area (Å²) in [4.78, 5) is 17.7. The smallest absolute Gasteiger partial charge is 0.234 e. The van der Waals surface area contributed by atoms with E-state index in [-0.39, 0.29) is 11.9 Å². The Hall–Kier alpha value is -1.92. The molecule has 0 bridgehead atoms. The van der Waals surface area contributed by atoms with Crippen LogP contribution in [0.15, 0.2) is 54.6 Å². The first-order valence-corrected chi connectivity index (χ1v) is 11.7. The van der Waals surface area contributed by atoms with Gasteiger partial charge in [-0.25, -0.2) is 0 Å². The topological polar surface area (TPSA) is 44.8 Å². The lowest BCUT2D eigenvalue weighted by atomic mass is 9.96. The van der Waals surface area contributed by atoms with E-state index in [1.165, 1.54) is 0 Å². The molecule has 2 saturated heterocycles. The van der Waals surface area contributed by atoms with E-state index in [1.54, 1.807) is 0 Å². The lowest BCUT2D eigenvalue weighted by molar-refractivity contribution is -0.123. The zero-order valence-electron chi connectivity index (χ0n) is 18.0. The van der Waals surface area contributed by atoms with Crippen LogP contribution in [0.3, 0.4) is 0 Å². The summed E-state index contributed by atoms with van der Waals surface area (Å²) in [7, 11) is 0. The van der Waals surface area contributed by atoms with Crippen LogP contribution in [0.1, 0.15) is 30.0 Å². The Labute approximate surface area is 190 Å². The maximum absolute atomic E-state index is 12.9. The number of amides is 1. The van der Waals surface area contributed by atoms with Crippen molar-refractivity contribution in [3.8, 4) is 0 Å². The summed E-state index contributed by atoms with van der Waals surface area (Å²) in [6, 6.07) is 17.6. The number of hydrogen-bond acceptors (Lipinski definition) is 4. The monoisotopic (exact) mass is 441 g/mol. The summed E-state index contributed by atoms with van der Waals surface area (Å²) in [6.07, 6.45) is 2.31. The summed E-state index contributed by atoms with van der Waals surface area (Å²) in [5.74, 6) is 0.791. The van der Waals surface area contributed by atoms with Crippen molar-refractivity contribution in [2.75, 3.05) is 52.5 Å². The SMILES string of the molecule is O=C(CN1CCC(CN2CCOCC2)CC1)NC(c1ccccc1)c1ccc(Cl)cc1. The first-order valence-electron chi connectivity index (χ1n) is 11.3. The van der Waals surface area contributed by atoms with Gasteiger partial charge >= 0.3 is 0 Å². The molecule has 1 atom stereocenters. The molecular weight excluding hydrogens is 410 g/mol. The van der Waals surface area contributed by atoms with Crippen molar-refractivity contribution in [2.45, 2.75) is 18.9 Å². The highest BCUT2D eigenvalue weighted by Crippen LogP contribution is 2.24. The number of benzene rings is 2. The van der Waals surface area contributed by atoms with Gasteiger partial charge in [0.2, 0.25) is 5.91 Å².